The summed E-state index contributed by atoms with van der Waals surface area (Å²) in [5.74, 6) is 0.196. The molecule has 1 fully saturated rings. The van der Waals surface area contributed by atoms with E-state index in [9.17, 15) is 0 Å². The Bertz CT molecular complexity index is 199. The first-order valence-electron chi connectivity index (χ1n) is 5.42. The standard InChI is InChI=1S/C11H22O5/c1-7-8(6-12-2)16-11(15-5)10(14-4)9(7)13-3/h7-11H,6H2,1-5H3/t7-,8?,9?,10?,11?/m1/s1. The van der Waals surface area contributed by atoms with E-state index in [2.05, 4.69) is 6.92 Å². The van der Waals surface area contributed by atoms with E-state index in [1.165, 1.54) is 0 Å². The van der Waals surface area contributed by atoms with E-state index in [0.717, 1.165) is 0 Å². The van der Waals surface area contributed by atoms with Crippen molar-refractivity contribution in [1.82, 2.24) is 0 Å². The molecule has 0 aromatic rings. The van der Waals surface area contributed by atoms with E-state index in [0.29, 0.717) is 6.61 Å². The summed E-state index contributed by atoms with van der Waals surface area (Å²) in [4.78, 5) is 0. The van der Waals surface area contributed by atoms with Gasteiger partial charge in [-0.05, 0) is 0 Å². The lowest BCUT2D eigenvalue weighted by molar-refractivity contribution is -0.290. The van der Waals surface area contributed by atoms with Gasteiger partial charge in [0.15, 0.2) is 6.29 Å². The van der Waals surface area contributed by atoms with Gasteiger partial charge < -0.3 is 23.7 Å². The molecular formula is C11H22O5. The van der Waals surface area contributed by atoms with Gasteiger partial charge in [-0.3, -0.25) is 0 Å². The Morgan fingerprint density at radius 1 is 0.938 bits per heavy atom. The Kier molecular flexibility index (Phi) is 5.64. The van der Waals surface area contributed by atoms with Crippen LogP contribution in [0.4, 0.5) is 0 Å². The molecule has 0 aromatic heterocycles. The number of hydrogen-bond donors (Lipinski definition) is 0. The highest BCUT2D eigenvalue weighted by Gasteiger charge is 2.44. The summed E-state index contributed by atoms with van der Waals surface area (Å²) >= 11 is 0. The number of hydrogen-bond acceptors (Lipinski definition) is 5. The van der Waals surface area contributed by atoms with E-state index in [1.54, 1.807) is 28.4 Å². The molecule has 0 spiro atoms. The minimum Gasteiger partial charge on any atom is -0.382 e. The lowest BCUT2D eigenvalue weighted by Gasteiger charge is -2.43. The average Bonchev–Trinajstić information content (AvgIpc) is 2.31. The van der Waals surface area contributed by atoms with E-state index in [-0.39, 0.29) is 24.2 Å². The largest absolute Gasteiger partial charge is 0.382 e. The summed E-state index contributed by atoms with van der Waals surface area (Å²) in [5.41, 5.74) is 0. The smallest absolute Gasteiger partial charge is 0.186 e. The van der Waals surface area contributed by atoms with Gasteiger partial charge in [0.25, 0.3) is 0 Å². The van der Waals surface area contributed by atoms with Crippen molar-refractivity contribution in [3.8, 4) is 0 Å². The van der Waals surface area contributed by atoms with Gasteiger partial charge in [0.05, 0.1) is 18.8 Å². The van der Waals surface area contributed by atoms with Crippen LogP contribution in [0.25, 0.3) is 0 Å². The van der Waals surface area contributed by atoms with Gasteiger partial charge >= 0.3 is 0 Å². The van der Waals surface area contributed by atoms with Gasteiger partial charge in [-0.2, -0.15) is 0 Å². The highest BCUT2D eigenvalue weighted by Crippen LogP contribution is 2.29. The van der Waals surface area contributed by atoms with Crippen LogP contribution in [0.5, 0.6) is 0 Å². The summed E-state index contributed by atoms with van der Waals surface area (Å²) in [5, 5.41) is 0. The molecule has 16 heavy (non-hydrogen) atoms. The molecule has 4 unspecified atom stereocenters. The minimum atomic E-state index is -0.411. The van der Waals surface area contributed by atoms with Crippen molar-refractivity contribution < 1.29 is 23.7 Å². The second-order valence-electron chi connectivity index (χ2n) is 3.99. The maximum Gasteiger partial charge on any atom is 0.186 e. The van der Waals surface area contributed by atoms with Crippen molar-refractivity contribution in [3.05, 3.63) is 0 Å². The van der Waals surface area contributed by atoms with Crippen molar-refractivity contribution in [2.45, 2.75) is 31.5 Å². The molecule has 0 radical (unpaired) electrons. The highest BCUT2D eigenvalue weighted by molar-refractivity contribution is 4.88. The number of ether oxygens (including phenoxy) is 5. The van der Waals surface area contributed by atoms with Crippen molar-refractivity contribution in [3.63, 3.8) is 0 Å². The van der Waals surface area contributed by atoms with Gasteiger partial charge in [0.1, 0.15) is 6.10 Å². The minimum absolute atomic E-state index is 0.0358. The molecule has 1 saturated heterocycles. The lowest BCUT2D eigenvalue weighted by atomic mass is 9.90. The highest BCUT2D eigenvalue weighted by atomic mass is 16.7. The van der Waals surface area contributed by atoms with Crippen molar-refractivity contribution >= 4 is 0 Å². The third-order valence-corrected chi connectivity index (χ3v) is 3.11. The van der Waals surface area contributed by atoms with Gasteiger partial charge in [0.2, 0.25) is 0 Å². The molecule has 0 saturated carbocycles. The van der Waals surface area contributed by atoms with Crippen LogP contribution >= 0.6 is 0 Å². The lowest BCUT2D eigenvalue weighted by Crippen LogP contribution is -2.56. The summed E-state index contributed by atoms with van der Waals surface area (Å²) in [6.07, 6.45) is -0.709. The van der Waals surface area contributed by atoms with Gasteiger partial charge in [-0.25, -0.2) is 0 Å². The van der Waals surface area contributed by atoms with E-state index < -0.39 is 6.29 Å². The predicted octanol–water partition coefficient (Wildman–Crippen LogP) is 0.670. The predicted molar refractivity (Wildman–Crippen MR) is 58.3 cm³/mol. The second kappa shape index (κ2) is 6.51. The van der Waals surface area contributed by atoms with Crippen LogP contribution in [-0.2, 0) is 23.7 Å². The molecule has 1 rings (SSSR count). The fourth-order valence-electron chi connectivity index (χ4n) is 2.18. The van der Waals surface area contributed by atoms with Crippen LogP contribution in [0.1, 0.15) is 6.92 Å². The van der Waals surface area contributed by atoms with Gasteiger partial charge in [-0.15, -0.1) is 0 Å². The summed E-state index contributed by atoms with van der Waals surface area (Å²) in [6.45, 7) is 2.59. The second-order valence-corrected chi connectivity index (χ2v) is 3.99. The number of rotatable bonds is 5. The van der Waals surface area contributed by atoms with Crippen LogP contribution in [0.2, 0.25) is 0 Å². The Morgan fingerprint density at radius 3 is 2.00 bits per heavy atom. The van der Waals surface area contributed by atoms with Gasteiger partial charge in [-0.1, -0.05) is 6.92 Å². The van der Waals surface area contributed by atoms with Crippen LogP contribution in [0.15, 0.2) is 0 Å². The average molecular weight is 234 g/mol. The fourth-order valence-corrected chi connectivity index (χ4v) is 2.18. The van der Waals surface area contributed by atoms with E-state index in [4.69, 9.17) is 23.7 Å². The molecular weight excluding hydrogens is 212 g/mol. The first-order valence-corrected chi connectivity index (χ1v) is 5.42. The Balaban J connectivity index is 2.76. The van der Waals surface area contributed by atoms with Crippen molar-refractivity contribution in [2.24, 2.45) is 5.92 Å². The summed E-state index contributed by atoms with van der Waals surface area (Å²) < 4.78 is 27.0. The zero-order chi connectivity index (χ0) is 12.1. The monoisotopic (exact) mass is 234 g/mol. The first kappa shape index (κ1) is 13.9. The summed E-state index contributed by atoms with van der Waals surface area (Å²) in [6, 6.07) is 0. The summed E-state index contributed by atoms with van der Waals surface area (Å²) in [7, 11) is 6.57. The molecule has 5 atom stereocenters. The van der Waals surface area contributed by atoms with Crippen molar-refractivity contribution in [2.75, 3.05) is 35.0 Å². The van der Waals surface area contributed by atoms with E-state index in [1.807, 2.05) is 0 Å². The molecule has 0 amide bonds. The molecule has 1 aliphatic rings. The third kappa shape index (κ3) is 2.73. The SMILES string of the molecule is COCC1OC(OC)C(OC)C(OC)[C@@H]1C. The Labute approximate surface area is 97.0 Å². The molecule has 0 aromatic carbocycles. The molecule has 5 nitrogen and oxygen atoms in total. The number of methoxy groups -OCH3 is 4. The van der Waals surface area contributed by atoms with E-state index >= 15 is 0 Å². The van der Waals surface area contributed by atoms with Crippen molar-refractivity contribution in [1.29, 1.82) is 0 Å². The topological polar surface area (TPSA) is 46.2 Å². The zero-order valence-corrected chi connectivity index (χ0v) is 10.6. The normalized spacial score (nSPS) is 39.9. The molecule has 0 aliphatic carbocycles. The van der Waals surface area contributed by atoms with Crippen LogP contribution in [0.3, 0.4) is 0 Å². The quantitative estimate of drug-likeness (QED) is 0.699. The van der Waals surface area contributed by atoms with Crippen LogP contribution in [-0.4, -0.2) is 59.6 Å². The zero-order valence-electron chi connectivity index (χ0n) is 10.6. The third-order valence-electron chi connectivity index (χ3n) is 3.11. The maximum atomic E-state index is 5.77. The van der Waals surface area contributed by atoms with Crippen LogP contribution < -0.4 is 0 Å². The molecule has 0 N–H and O–H groups in total. The molecule has 1 aliphatic heterocycles. The maximum absolute atomic E-state index is 5.77. The molecule has 5 heteroatoms. The molecule has 1 heterocycles. The Morgan fingerprint density at radius 2 is 1.56 bits per heavy atom. The fraction of sp³-hybridized carbons (Fsp3) is 1.00. The Hall–Kier alpha value is -0.200. The first-order chi connectivity index (χ1) is 7.69. The molecule has 0 bridgehead atoms. The van der Waals surface area contributed by atoms with Gasteiger partial charge in [0, 0.05) is 34.4 Å². The molecule has 96 valence electrons. The van der Waals surface area contributed by atoms with Crippen LogP contribution in [0, 0.1) is 5.92 Å².